The molecular formula is C17H30N2O3. The second kappa shape index (κ2) is 5.77. The number of likely N-dealkylation sites (N-methyl/N-ethyl adjacent to an activating group) is 1. The Balaban J connectivity index is 1.59. The van der Waals surface area contributed by atoms with Gasteiger partial charge in [-0.05, 0) is 27.3 Å². The van der Waals surface area contributed by atoms with Crippen LogP contribution in [0.25, 0.3) is 0 Å². The van der Waals surface area contributed by atoms with Crippen LogP contribution in [0.4, 0.5) is 0 Å². The quantitative estimate of drug-likeness (QED) is 0.789. The van der Waals surface area contributed by atoms with Crippen molar-refractivity contribution in [3.8, 4) is 0 Å². The zero-order valence-electron chi connectivity index (χ0n) is 14.5. The minimum Gasteiger partial charge on any atom is -0.377 e. The smallest absolute Gasteiger partial charge is 0.236 e. The number of carbonyl (C=O) groups excluding carboxylic acids is 1. The highest BCUT2D eigenvalue weighted by Gasteiger charge is 2.60. The van der Waals surface area contributed by atoms with Crippen molar-refractivity contribution in [2.24, 2.45) is 11.3 Å². The second-order valence-electron chi connectivity index (χ2n) is 7.98. The topological polar surface area (TPSA) is 42.0 Å². The van der Waals surface area contributed by atoms with Gasteiger partial charge in [0.15, 0.2) is 0 Å². The molecule has 3 fully saturated rings. The maximum atomic E-state index is 12.6. The third kappa shape index (κ3) is 2.68. The first-order valence-electron chi connectivity index (χ1n) is 8.55. The Morgan fingerprint density at radius 2 is 1.91 bits per heavy atom. The lowest BCUT2D eigenvalue weighted by molar-refractivity contribution is -0.162. The summed E-state index contributed by atoms with van der Waals surface area (Å²) in [5, 5.41) is 0. The van der Waals surface area contributed by atoms with Gasteiger partial charge in [-0.2, -0.15) is 0 Å². The summed E-state index contributed by atoms with van der Waals surface area (Å²) in [6.07, 6.45) is 1.76. The molecule has 2 heterocycles. The van der Waals surface area contributed by atoms with Gasteiger partial charge in [0.25, 0.3) is 0 Å². The molecule has 0 radical (unpaired) electrons. The van der Waals surface area contributed by atoms with Crippen molar-refractivity contribution in [1.82, 2.24) is 9.80 Å². The molecule has 126 valence electrons. The lowest BCUT2D eigenvalue weighted by Crippen LogP contribution is -2.67. The standard InChI is InChI=1S/C17H30N2O3/c1-11-8-19(9-12(2)22-11)14(20)10-18(5)15-13-6-7-21-16(13)17(15,3)4/h11-13,15-16H,6-10H2,1-5H3/t11-,12+,13-,15+,16+/m0/s1. The molecule has 2 aliphatic heterocycles. The Morgan fingerprint density at radius 3 is 2.55 bits per heavy atom. The lowest BCUT2D eigenvalue weighted by Gasteiger charge is -2.58. The van der Waals surface area contributed by atoms with Crippen LogP contribution in [-0.2, 0) is 14.3 Å². The highest BCUT2D eigenvalue weighted by atomic mass is 16.5. The number of nitrogens with zero attached hydrogens (tertiary/aromatic N) is 2. The van der Waals surface area contributed by atoms with Crippen LogP contribution in [-0.4, -0.2) is 73.3 Å². The molecule has 5 heteroatoms. The highest BCUT2D eigenvalue weighted by molar-refractivity contribution is 5.78. The first kappa shape index (κ1) is 16.2. The molecule has 2 saturated heterocycles. The molecule has 1 saturated carbocycles. The number of hydrogen-bond acceptors (Lipinski definition) is 4. The Morgan fingerprint density at radius 1 is 1.27 bits per heavy atom. The number of hydrogen-bond donors (Lipinski definition) is 0. The molecule has 3 rings (SSSR count). The number of carbonyl (C=O) groups is 1. The Labute approximate surface area is 133 Å². The number of rotatable bonds is 3. The predicted octanol–water partition coefficient (Wildman–Crippen LogP) is 1.37. The minimum atomic E-state index is 0.130. The van der Waals surface area contributed by atoms with Gasteiger partial charge in [-0.1, -0.05) is 13.8 Å². The van der Waals surface area contributed by atoms with Gasteiger partial charge in [-0.3, -0.25) is 9.69 Å². The average molecular weight is 310 g/mol. The van der Waals surface area contributed by atoms with Crippen LogP contribution < -0.4 is 0 Å². The SMILES string of the molecule is C[C@@H]1CN(C(=O)CN(C)[C@@H]2[C@@H]3CCO[C@H]3C2(C)C)C[C@H](C)O1. The normalized spacial score (nSPS) is 40.5. The monoisotopic (exact) mass is 310 g/mol. The van der Waals surface area contributed by atoms with Gasteiger partial charge in [0, 0.05) is 37.1 Å². The van der Waals surface area contributed by atoms with Gasteiger partial charge in [0.1, 0.15) is 0 Å². The molecule has 1 amide bonds. The van der Waals surface area contributed by atoms with Crippen molar-refractivity contribution in [1.29, 1.82) is 0 Å². The van der Waals surface area contributed by atoms with Gasteiger partial charge >= 0.3 is 0 Å². The van der Waals surface area contributed by atoms with Crippen molar-refractivity contribution in [2.45, 2.75) is 58.5 Å². The fourth-order valence-corrected chi connectivity index (χ4v) is 4.99. The van der Waals surface area contributed by atoms with Crippen LogP contribution in [0.15, 0.2) is 0 Å². The molecule has 5 atom stereocenters. The third-order valence-electron chi connectivity index (χ3n) is 5.67. The Kier molecular flexibility index (Phi) is 4.25. The first-order valence-corrected chi connectivity index (χ1v) is 8.55. The summed E-state index contributed by atoms with van der Waals surface area (Å²) in [5.74, 6) is 0.818. The van der Waals surface area contributed by atoms with E-state index in [9.17, 15) is 4.79 Å². The molecule has 0 unspecified atom stereocenters. The predicted molar refractivity (Wildman–Crippen MR) is 84.6 cm³/mol. The van der Waals surface area contributed by atoms with E-state index in [1.165, 1.54) is 0 Å². The van der Waals surface area contributed by atoms with E-state index in [0.29, 0.717) is 37.7 Å². The van der Waals surface area contributed by atoms with Crippen LogP contribution in [0.5, 0.6) is 0 Å². The maximum absolute atomic E-state index is 12.6. The van der Waals surface area contributed by atoms with E-state index >= 15 is 0 Å². The summed E-state index contributed by atoms with van der Waals surface area (Å²) < 4.78 is 11.6. The van der Waals surface area contributed by atoms with Crippen LogP contribution in [0, 0.1) is 11.3 Å². The fourth-order valence-electron chi connectivity index (χ4n) is 4.99. The second-order valence-corrected chi connectivity index (χ2v) is 7.98. The van der Waals surface area contributed by atoms with E-state index in [1.807, 2.05) is 18.7 Å². The zero-order valence-corrected chi connectivity index (χ0v) is 14.5. The molecule has 0 aromatic rings. The van der Waals surface area contributed by atoms with Crippen LogP contribution in [0.1, 0.15) is 34.1 Å². The summed E-state index contributed by atoms with van der Waals surface area (Å²) >= 11 is 0. The first-order chi connectivity index (χ1) is 10.3. The van der Waals surface area contributed by atoms with E-state index in [1.54, 1.807) is 0 Å². The van der Waals surface area contributed by atoms with Crippen molar-refractivity contribution < 1.29 is 14.3 Å². The largest absolute Gasteiger partial charge is 0.377 e. The van der Waals surface area contributed by atoms with E-state index in [4.69, 9.17) is 9.47 Å². The zero-order chi connectivity index (χ0) is 16.1. The molecule has 0 aromatic carbocycles. The molecule has 1 aliphatic carbocycles. The average Bonchev–Trinajstić information content (AvgIpc) is 2.83. The van der Waals surface area contributed by atoms with Gasteiger partial charge in [0.2, 0.25) is 5.91 Å². The van der Waals surface area contributed by atoms with Crippen molar-refractivity contribution in [2.75, 3.05) is 33.3 Å². The third-order valence-corrected chi connectivity index (χ3v) is 5.67. The van der Waals surface area contributed by atoms with Crippen LogP contribution in [0.3, 0.4) is 0 Å². The molecule has 3 aliphatic rings. The summed E-state index contributed by atoms with van der Waals surface area (Å²) in [6, 6.07) is 0.444. The molecule has 5 nitrogen and oxygen atoms in total. The van der Waals surface area contributed by atoms with E-state index in [0.717, 1.165) is 13.0 Å². The minimum absolute atomic E-state index is 0.130. The lowest BCUT2D eigenvalue weighted by atomic mass is 9.57. The molecule has 0 spiro atoms. The van der Waals surface area contributed by atoms with Crippen molar-refractivity contribution in [3.05, 3.63) is 0 Å². The number of fused-ring (bicyclic) bond motifs is 1. The molecule has 22 heavy (non-hydrogen) atoms. The van der Waals surface area contributed by atoms with Crippen molar-refractivity contribution in [3.63, 3.8) is 0 Å². The summed E-state index contributed by atoms with van der Waals surface area (Å²) in [5.41, 5.74) is 0.141. The molecule has 0 N–H and O–H groups in total. The maximum Gasteiger partial charge on any atom is 0.236 e. The summed E-state index contributed by atoms with van der Waals surface area (Å²) in [7, 11) is 2.09. The van der Waals surface area contributed by atoms with E-state index in [-0.39, 0.29) is 23.5 Å². The van der Waals surface area contributed by atoms with Crippen LogP contribution >= 0.6 is 0 Å². The van der Waals surface area contributed by atoms with Gasteiger partial charge in [0.05, 0.1) is 24.9 Å². The van der Waals surface area contributed by atoms with Crippen LogP contribution in [0.2, 0.25) is 0 Å². The van der Waals surface area contributed by atoms with Gasteiger partial charge < -0.3 is 14.4 Å². The highest BCUT2D eigenvalue weighted by Crippen LogP contribution is 2.54. The molecule has 0 bridgehead atoms. The van der Waals surface area contributed by atoms with Crippen molar-refractivity contribution >= 4 is 5.91 Å². The van der Waals surface area contributed by atoms with E-state index < -0.39 is 0 Å². The number of morpholine rings is 1. The molecular weight excluding hydrogens is 280 g/mol. The van der Waals surface area contributed by atoms with E-state index in [2.05, 4.69) is 25.8 Å². The number of amides is 1. The Bertz CT molecular complexity index is 430. The Hall–Kier alpha value is -0.650. The molecule has 0 aromatic heterocycles. The fraction of sp³-hybridized carbons (Fsp3) is 0.941. The summed E-state index contributed by atoms with van der Waals surface area (Å²) in [6.45, 7) is 11.4. The number of ether oxygens (including phenoxy) is 2. The van der Waals surface area contributed by atoms with Gasteiger partial charge in [-0.25, -0.2) is 0 Å². The summed E-state index contributed by atoms with van der Waals surface area (Å²) in [4.78, 5) is 16.9. The van der Waals surface area contributed by atoms with Gasteiger partial charge in [-0.15, -0.1) is 0 Å².